The number of amides is 1. The van der Waals surface area contributed by atoms with Crippen LogP contribution in [0.25, 0.3) is 0 Å². The summed E-state index contributed by atoms with van der Waals surface area (Å²) in [5, 5.41) is 5.91. The minimum absolute atomic E-state index is 0.111. The van der Waals surface area contributed by atoms with E-state index >= 15 is 0 Å². The van der Waals surface area contributed by atoms with E-state index in [2.05, 4.69) is 10.6 Å². The van der Waals surface area contributed by atoms with Crippen molar-refractivity contribution in [1.82, 2.24) is 0 Å². The van der Waals surface area contributed by atoms with Crippen molar-refractivity contribution >= 4 is 17.3 Å². The van der Waals surface area contributed by atoms with E-state index in [1.165, 1.54) is 0 Å². The van der Waals surface area contributed by atoms with E-state index in [0.717, 1.165) is 5.69 Å². The fourth-order valence-corrected chi connectivity index (χ4v) is 1.97. The molecule has 0 aromatic heterocycles. The molecule has 0 radical (unpaired) electrons. The van der Waals surface area contributed by atoms with Gasteiger partial charge in [0.05, 0.1) is 13.2 Å². The second kappa shape index (κ2) is 9.48. The second-order valence-electron chi connectivity index (χ2n) is 4.84. The van der Waals surface area contributed by atoms with Crippen LogP contribution >= 0.6 is 0 Å². The third-order valence-corrected chi connectivity index (χ3v) is 3.05. The van der Waals surface area contributed by atoms with Crippen LogP contribution in [0.4, 0.5) is 11.4 Å². The van der Waals surface area contributed by atoms with Gasteiger partial charge in [0.25, 0.3) is 0 Å². The standard InChI is InChI=1S/C18H22N2O3/c1-2-22-11-12-23-17-10-6-9-16(13-17)20-18(21)14-19-15-7-4-3-5-8-15/h3-10,13,19H,2,11-12,14H2,1H3,(H,20,21). The summed E-state index contributed by atoms with van der Waals surface area (Å²) < 4.78 is 10.8. The number of nitrogens with one attached hydrogen (secondary N) is 2. The van der Waals surface area contributed by atoms with E-state index in [4.69, 9.17) is 9.47 Å². The molecule has 0 atom stereocenters. The number of anilines is 2. The van der Waals surface area contributed by atoms with Crippen molar-refractivity contribution in [3.63, 3.8) is 0 Å². The first-order chi connectivity index (χ1) is 11.3. The molecule has 2 aromatic carbocycles. The maximum absolute atomic E-state index is 12.0. The first kappa shape index (κ1) is 16.8. The molecular weight excluding hydrogens is 292 g/mol. The molecule has 0 unspecified atom stereocenters. The molecule has 2 N–H and O–H groups in total. The molecule has 0 saturated carbocycles. The topological polar surface area (TPSA) is 59.6 Å². The lowest BCUT2D eigenvalue weighted by molar-refractivity contribution is -0.114. The van der Waals surface area contributed by atoms with Crippen molar-refractivity contribution < 1.29 is 14.3 Å². The third kappa shape index (κ3) is 6.40. The molecule has 0 spiro atoms. The summed E-state index contributed by atoms with van der Waals surface area (Å²) >= 11 is 0. The molecular formula is C18H22N2O3. The average Bonchev–Trinajstić information content (AvgIpc) is 2.58. The molecule has 0 bridgehead atoms. The monoisotopic (exact) mass is 314 g/mol. The Morgan fingerprint density at radius 3 is 2.57 bits per heavy atom. The van der Waals surface area contributed by atoms with Gasteiger partial charge in [-0.3, -0.25) is 4.79 Å². The second-order valence-corrected chi connectivity index (χ2v) is 4.84. The zero-order valence-corrected chi connectivity index (χ0v) is 13.2. The van der Waals surface area contributed by atoms with E-state index in [1.807, 2.05) is 55.5 Å². The minimum Gasteiger partial charge on any atom is -0.491 e. The maximum atomic E-state index is 12.0. The highest BCUT2D eigenvalue weighted by Gasteiger charge is 2.03. The highest BCUT2D eigenvalue weighted by atomic mass is 16.5. The lowest BCUT2D eigenvalue weighted by atomic mass is 10.3. The lowest BCUT2D eigenvalue weighted by Gasteiger charge is -2.10. The Morgan fingerprint density at radius 2 is 1.78 bits per heavy atom. The van der Waals surface area contributed by atoms with Crippen LogP contribution in [0.1, 0.15) is 6.92 Å². The van der Waals surface area contributed by atoms with Crippen molar-refractivity contribution in [2.24, 2.45) is 0 Å². The molecule has 0 fully saturated rings. The fraction of sp³-hybridized carbons (Fsp3) is 0.278. The summed E-state index contributed by atoms with van der Waals surface area (Å²) in [7, 11) is 0. The fourth-order valence-electron chi connectivity index (χ4n) is 1.97. The first-order valence-corrected chi connectivity index (χ1v) is 7.67. The highest BCUT2D eigenvalue weighted by Crippen LogP contribution is 2.17. The van der Waals surface area contributed by atoms with Gasteiger partial charge in [-0.2, -0.15) is 0 Å². The molecule has 0 aliphatic heterocycles. The molecule has 5 heteroatoms. The number of hydrogen-bond donors (Lipinski definition) is 2. The molecule has 23 heavy (non-hydrogen) atoms. The number of rotatable bonds is 9. The Labute approximate surface area is 136 Å². The third-order valence-electron chi connectivity index (χ3n) is 3.05. The van der Waals surface area contributed by atoms with Crippen molar-refractivity contribution in [3.05, 3.63) is 54.6 Å². The first-order valence-electron chi connectivity index (χ1n) is 7.67. The van der Waals surface area contributed by atoms with Gasteiger partial charge >= 0.3 is 0 Å². The van der Waals surface area contributed by atoms with E-state index in [0.29, 0.717) is 31.3 Å². The molecule has 0 heterocycles. The maximum Gasteiger partial charge on any atom is 0.243 e. The van der Waals surface area contributed by atoms with E-state index in [1.54, 1.807) is 6.07 Å². The van der Waals surface area contributed by atoms with Crippen molar-refractivity contribution in [1.29, 1.82) is 0 Å². The number of benzene rings is 2. The van der Waals surface area contributed by atoms with Crippen molar-refractivity contribution in [3.8, 4) is 5.75 Å². The minimum atomic E-state index is -0.111. The molecule has 1 amide bonds. The number of para-hydroxylation sites is 1. The van der Waals surface area contributed by atoms with Gasteiger partial charge in [0.2, 0.25) is 5.91 Å². The SMILES string of the molecule is CCOCCOc1cccc(NC(=O)CNc2ccccc2)c1. The predicted molar refractivity (Wildman–Crippen MR) is 92.0 cm³/mol. The van der Waals surface area contributed by atoms with Gasteiger partial charge in [0.15, 0.2) is 0 Å². The van der Waals surface area contributed by atoms with Gasteiger partial charge in [-0.15, -0.1) is 0 Å². The number of carbonyl (C=O) groups is 1. The van der Waals surface area contributed by atoms with Crippen molar-refractivity contribution in [2.45, 2.75) is 6.92 Å². The smallest absolute Gasteiger partial charge is 0.243 e. The van der Waals surface area contributed by atoms with Crippen LogP contribution in [-0.4, -0.2) is 32.3 Å². The summed E-state index contributed by atoms with van der Waals surface area (Å²) in [6.45, 7) is 3.86. The van der Waals surface area contributed by atoms with Gasteiger partial charge in [0, 0.05) is 24.0 Å². The van der Waals surface area contributed by atoms with Crippen LogP contribution < -0.4 is 15.4 Å². The van der Waals surface area contributed by atoms with E-state index in [-0.39, 0.29) is 12.5 Å². The average molecular weight is 314 g/mol. The summed E-state index contributed by atoms with van der Waals surface area (Å²) in [6, 6.07) is 16.9. The number of ether oxygens (including phenoxy) is 2. The molecule has 5 nitrogen and oxygen atoms in total. The van der Waals surface area contributed by atoms with Crippen LogP contribution in [0.15, 0.2) is 54.6 Å². The van der Waals surface area contributed by atoms with Crippen LogP contribution in [0.5, 0.6) is 5.75 Å². The number of hydrogen-bond acceptors (Lipinski definition) is 4. The molecule has 2 aromatic rings. The van der Waals surface area contributed by atoms with Gasteiger partial charge < -0.3 is 20.1 Å². The molecule has 0 aliphatic rings. The van der Waals surface area contributed by atoms with Gasteiger partial charge in [-0.25, -0.2) is 0 Å². The van der Waals surface area contributed by atoms with Gasteiger partial charge in [-0.05, 0) is 31.2 Å². The Kier molecular flexibility index (Phi) is 6.94. The zero-order chi connectivity index (χ0) is 16.3. The Hall–Kier alpha value is -2.53. The molecule has 122 valence electrons. The number of carbonyl (C=O) groups excluding carboxylic acids is 1. The Bertz CT molecular complexity index is 602. The quantitative estimate of drug-likeness (QED) is 0.698. The summed E-state index contributed by atoms with van der Waals surface area (Å²) in [4.78, 5) is 12.0. The molecule has 2 rings (SSSR count). The summed E-state index contributed by atoms with van der Waals surface area (Å²) in [6.07, 6.45) is 0. The molecule has 0 aliphatic carbocycles. The molecule has 0 saturated heterocycles. The van der Waals surface area contributed by atoms with Crippen molar-refractivity contribution in [2.75, 3.05) is 37.0 Å². The largest absolute Gasteiger partial charge is 0.491 e. The van der Waals surface area contributed by atoms with Gasteiger partial charge in [0.1, 0.15) is 12.4 Å². The highest BCUT2D eigenvalue weighted by molar-refractivity contribution is 5.93. The van der Waals surface area contributed by atoms with E-state index < -0.39 is 0 Å². The van der Waals surface area contributed by atoms with Crippen LogP contribution in [-0.2, 0) is 9.53 Å². The normalized spacial score (nSPS) is 10.1. The summed E-state index contributed by atoms with van der Waals surface area (Å²) in [5.74, 6) is 0.596. The van der Waals surface area contributed by atoms with E-state index in [9.17, 15) is 4.79 Å². The predicted octanol–water partition coefficient (Wildman–Crippen LogP) is 3.15. The lowest BCUT2D eigenvalue weighted by Crippen LogP contribution is -2.21. The van der Waals surface area contributed by atoms with Crippen LogP contribution in [0, 0.1) is 0 Å². The van der Waals surface area contributed by atoms with Gasteiger partial charge in [-0.1, -0.05) is 24.3 Å². The summed E-state index contributed by atoms with van der Waals surface area (Å²) in [5.41, 5.74) is 1.62. The zero-order valence-electron chi connectivity index (χ0n) is 13.2. The van der Waals surface area contributed by atoms with Crippen LogP contribution in [0.3, 0.4) is 0 Å². The van der Waals surface area contributed by atoms with Crippen LogP contribution in [0.2, 0.25) is 0 Å². The Balaban J connectivity index is 1.78. The Morgan fingerprint density at radius 1 is 1.00 bits per heavy atom.